The molecule has 0 aromatic heterocycles. The first-order valence-corrected chi connectivity index (χ1v) is 16.2. The molecule has 0 aliphatic heterocycles. The number of nitrogens with one attached hydrogen (secondary N) is 1. The van der Waals surface area contributed by atoms with Crippen LogP contribution in [0.2, 0.25) is 15.1 Å². The summed E-state index contributed by atoms with van der Waals surface area (Å²) in [4.78, 5) is 12.4. The molecule has 9 heteroatoms. The lowest BCUT2D eigenvalue weighted by atomic mass is 10.1. The molecule has 0 aromatic carbocycles. The van der Waals surface area contributed by atoms with Crippen LogP contribution >= 0.6 is 0 Å². The molecular weight excluding hydrogens is 443 g/mol. The first-order valence-electron chi connectivity index (χ1n) is 11.4. The molecule has 1 amide bonds. The number of carbonyl (C=O) groups is 1. The van der Waals surface area contributed by atoms with E-state index in [9.17, 15) is 4.79 Å². The molecule has 0 aromatic rings. The molecule has 0 aliphatic carbocycles. The van der Waals surface area contributed by atoms with Crippen molar-refractivity contribution >= 4 is 45.4 Å². The van der Waals surface area contributed by atoms with Crippen molar-refractivity contribution < 1.29 is 18.1 Å². The molecule has 0 heterocycles. The van der Waals surface area contributed by atoms with Gasteiger partial charge in [-0.2, -0.15) is 0 Å². The summed E-state index contributed by atoms with van der Waals surface area (Å²) >= 11 is 0. The second-order valence-electron chi connectivity index (χ2n) is 11.1. The summed E-state index contributed by atoms with van der Waals surface area (Å²) in [6.45, 7) is 25.7. The van der Waals surface area contributed by atoms with Gasteiger partial charge < -0.3 is 18.6 Å². The van der Waals surface area contributed by atoms with E-state index in [-0.39, 0.29) is 21.0 Å². The second kappa shape index (κ2) is 11.7. The van der Waals surface area contributed by atoms with Crippen LogP contribution in [0.5, 0.6) is 0 Å². The second-order valence-corrected chi connectivity index (χ2v) is 20.0. The highest BCUT2D eigenvalue weighted by Gasteiger charge is 2.50. The minimum Gasteiger partial charge on any atom is -0.401 e. The van der Waals surface area contributed by atoms with Crippen LogP contribution < -0.4 is 5.32 Å². The smallest absolute Gasteiger partial charge is 0.245 e. The van der Waals surface area contributed by atoms with Crippen molar-refractivity contribution in [3.8, 4) is 0 Å². The maximum Gasteiger partial charge on any atom is 0.245 e. The number of carbonyl (C=O) groups excluding carboxylic acids is 1. The lowest BCUT2D eigenvalue weighted by Crippen LogP contribution is -2.69. The van der Waals surface area contributed by atoms with Crippen molar-refractivity contribution in [3.05, 3.63) is 12.7 Å². The Kier molecular flexibility index (Phi) is 11.7. The van der Waals surface area contributed by atoms with Crippen LogP contribution in [0.25, 0.3) is 0 Å². The highest BCUT2D eigenvalue weighted by molar-refractivity contribution is 6.35. The predicted molar refractivity (Wildman–Crippen MR) is 141 cm³/mol. The largest absolute Gasteiger partial charge is 0.401 e. The van der Waals surface area contributed by atoms with Gasteiger partial charge in [-0.15, -0.1) is 0 Å². The fourth-order valence-corrected chi connectivity index (χ4v) is 7.58. The first kappa shape index (κ1) is 30.0. The third-order valence-electron chi connectivity index (χ3n) is 6.51. The molecule has 0 rings (SSSR count). The molecule has 1 atom stereocenters. The zero-order valence-corrected chi connectivity index (χ0v) is 27.9. The van der Waals surface area contributed by atoms with Crippen molar-refractivity contribution in [3.63, 3.8) is 0 Å². The molecule has 30 heavy (non-hydrogen) atoms. The summed E-state index contributed by atoms with van der Waals surface area (Å²) in [6.07, 6.45) is 4.46. The van der Waals surface area contributed by atoms with E-state index in [4.69, 9.17) is 13.3 Å². The average molecular weight is 492 g/mol. The van der Waals surface area contributed by atoms with E-state index in [1.807, 2.05) is 6.92 Å². The van der Waals surface area contributed by atoms with E-state index >= 15 is 0 Å². The molecule has 178 valence electrons. The van der Waals surface area contributed by atoms with Crippen LogP contribution in [0, 0.1) is 0 Å². The summed E-state index contributed by atoms with van der Waals surface area (Å²) in [6, 6.07) is 0. The standard InChI is InChI=1S/C21H49NO4Si4/c1-12-16(23)22-21(27,26-30-19(9,10)15-4)20(11,24-28-17(5,6)13-2)25-29-18(7,8)14-3/h12H,1,13-15,28-30H2,2-11,27H3,(H,22,23). The van der Waals surface area contributed by atoms with Gasteiger partial charge in [0.1, 0.15) is 0 Å². The Hall–Kier alpha value is -0.0425. The van der Waals surface area contributed by atoms with Gasteiger partial charge in [-0.3, -0.25) is 4.79 Å². The van der Waals surface area contributed by atoms with E-state index in [1.165, 1.54) is 6.08 Å². The molecule has 0 saturated carbocycles. The van der Waals surface area contributed by atoms with Crippen molar-refractivity contribution in [1.82, 2.24) is 5.32 Å². The van der Waals surface area contributed by atoms with Crippen LogP contribution in [-0.4, -0.2) is 56.6 Å². The number of hydrogen-bond acceptors (Lipinski definition) is 4. The third-order valence-corrected chi connectivity index (χ3v) is 14.5. The maximum atomic E-state index is 12.4. The molecular formula is C21H49NO4Si4. The van der Waals surface area contributed by atoms with Crippen molar-refractivity contribution in [2.75, 3.05) is 0 Å². The third kappa shape index (κ3) is 9.62. The maximum absolute atomic E-state index is 12.4. The van der Waals surface area contributed by atoms with Gasteiger partial charge in [-0.05, 0) is 28.1 Å². The van der Waals surface area contributed by atoms with Gasteiger partial charge in [-0.1, -0.05) is 88.2 Å². The fourth-order valence-electron chi connectivity index (χ4n) is 2.20. The molecule has 0 saturated heterocycles. The molecule has 1 unspecified atom stereocenters. The molecule has 0 spiro atoms. The van der Waals surface area contributed by atoms with Crippen LogP contribution in [-0.2, 0) is 18.1 Å². The number of hydrogen-bond donors (Lipinski definition) is 1. The van der Waals surface area contributed by atoms with Crippen LogP contribution in [0.15, 0.2) is 12.7 Å². The quantitative estimate of drug-likeness (QED) is 0.217. The molecule has 1 N–H and O–H groups in total. The molecule has 5 nitrogen and oxygen atoms in total. The van der Waals surface area contributed by atoms with E-state index < -0.39 is 40.4 Å². The summed E-state index contributed by atoms with van der Waals surface area (Å²) < 4.78 is 20.0. The van der Waals surface area contributed by atoms with Gasteiger partial charge in [0.05, 0.1) is 10.2 Å². The van der Waals surface area contributed by atoms with E-state index in [1.54, 1.807) is 0 Å². The van der Waals surface area contributed by atoms with Gasteiger partial charge in [0, 0.05) is 0 Å². The van der Waals surface area contributed by atoms with Gasteiger partial charge in [0.2, 0.25) is 5.91 Å². The van der Waals surface area contributed by atoms with E-state index in [0.29, 0.717) is 10.2 Å². The fraction of sp³-hybridized carbons (Fsp3) is 0.857. The minimum absolute atomic E-state index is 0.135. The molecule has 0 aliphatic rings. The summed E-state index contributed by atoms with van der Waals surface area (Å²) in [5, 5.41) is 2.61. The first-order chi connectivity index (χ1) is 13.5. The van der Waals surface area contributed by atoms with Crippen molar-refractivity contribution in [2.24, 2.45) is 0 Å². The summed E-state index contributed by atoms with van der Waals surface area (Å²) in [5.74, 6) is -1.20. The SMILES string of the molecule is C=CC(=O)NC([SiH3])(O[SiH2]C(C)(C)CC)C(C)(O[SiH2]C(C)(C)CC)O[SiH2]C(C)(C)CC. The van der Waals surface area contributed by atoms with Crippen LogP contribution in [0.4, 0.5) is 0 Å². The van der Waals surface area contributed by atoms with Crippen LogP contribution in [0.3, 0.4) is 0 Å². The Labute approximate surface area is 196 Å². The molecule has 0 bridgehead atoms. The van der Waals surface area contributed by atoms with Crippen molar-refractivity contribution in [2.45, 2.75) is 115 Å². The Balaban J connectivity index is 6.05. The highest BCUT2D eigenvalue weighted by Crippen LogP contribution is 2.37. The summed E-state index contributed by atoms with van der Waals surface area (Å²) in [5.41, 5.74) is 0. The van der Waals surface area contributed by atoms with Crippen LogP contribution in [0.1, 0.15) is 88.5 Å². The Morgan fingerprint density at radius 1 is 0.833 bits per heavy atom. The van der Waals surface area contributed by atoms with Gasteiger partial charge >= 0.3 is 0 Å². The van der Waals surface area contributed by atoms with E-state index in [2.05, 4.69) is 74.2 Å². The lowest BCUT2D eigenvalue weighted by molar-refractivity contribution is -0.200. The van der Waals surface area contributed by atoms with Gasteiger partial charge in [0.15, 0.2) is 40.4 Å². The van der Waals surface area contributed by atoms with Crippen molar-refractivity contribution in [1.29, 1.82) is 0 Å². The topological polar surface area (TPSA) is 56.8 Å². The Morgan fingerprint density at radius 3 is 1.47 bits per heavy atom. The monoisotopic (exact) mass is 491 g/mol. The van der Waals surface area contributed by atoms with Gasteiger partial charge in [-0.25, -0.2) is 0 Å². The zero-order chi connectivity index (χ0) is 23.9. The number of amides is 1. The molecule has 0 radical (unpaired) electrons. The Bertz CT molecular complexity index is 549. The zero-order valence-electron chi connectivity index (χ0n) is 21.7. The normalized spacial score (nSPS) is 18.5. The lowest BCUT2D eigenvalue weighted by Gasteiger charge is -2.49. The number of rotatable bonds is 15. The highest BCUT2D eigenvalue weighted by atomic mass is 28.2. The van der Waals surface area contributed by atoms with E-state index in [0.717, 1.165) is 19.3 Å². The van der Waals surface area contributed by atoms with Gasteiger partial charge in [0.25, 0.3) is 0 Å². The summed E-state index contributed by atoms with van der Waals surface area (Å²) in [7, 11) is -2.26. The Morgan fingerprint density at radius 2 is 1.17 bits per heavy atom. The predicted octanol–water partition coefficient (Wildman–Crippen LogP) is 2.15. The average Bonchev–Trinajstić information content (AvgIpc) is 2.69. The minimum atomic E-state index is -0.966. The molecule has 0 fully saturated rings.